The van der Waals surface area contributed by atoms with Crippen LogP contribution in [0.4, 0.5) is 4.39 Å². The Labute approximate surface area is 142 Å². The summed E-state index contributed by atoms with van der Waals surface area (Å²) in [6.45, 7) is 0.0104. The molecule has 0 radical (unpaired) electrons. The maximum atomic E-state index is 13.5. The summed E-state index contributed by atoms with van der Waals surface area (Å²) in [4.78, 5) is 37.4. The fourth-order valence-electron chi connectivity index (χ4n) is 2.49. The van der Waals surface area contributed by atoms with E-state index in [1.54, 1.807) is 6.07 Å². The largest absolute Gasteiger partial charge is 0.350 e. The van der Waals surface area contributed by atoms with E-state index in [1.807, 2.05) is 0 Å². The van der Waals surface area contributed by atoms with Gasteiger partial charge in [0.2, 0.25) is 0 Å². The van der Waals surface area contributed by atoms with Crippen LogP contribution in [0.15, 0.2) is 42.5 Å². The second kappa shape index (κ2) is 6.41. The van der Waals surface area contributed by atoms with Crippen LogP contribution in [0.2, 0.25) is 5.02 Å². The predicted octanol–water partition coefficient (Wildman–Crippen LogP) is 2.51. The predicted molar refractivity (Wildman–Crippen MR) is 85.6 cm³/mol. The summed E-state index contributed by atoms with van der Waals surface area (Å²) >= 11 is 5.84. The van der Waals surface area contributed by atoms with Gasteiger partial charge in [-0.1, -0.05) is 23.7 Å². The third-order valence-corrected chi connectivity index (χ3v) is 3.91. The Morgan fingerprint density at radius 2 is 1.79 bits per heavy atom. The lowest BCUT2D eigenvalue weighted by molar-refractivity contribution is 0.0649. The molecular weight excluding hydrogens is 335 g/mol. The summed E-state index contributed by atoms with van der Waals surface area (Å²) in [6.07, 6.45) is 0. The highest BCUT2D eigenvalue weighted by Gasteiger charge is 2.35. The Morgan fingerprint density at radius 1 is 1.08 bits per heavy atom. The Hall–Kier alpha value is -2.73. The molecule has 0 saturated carbocycles. The number of amides is 3. The van der Waals surface area contributed by atoms with Crippen molar-refractivity contribution < 1.29 is 18.8 Å². The lowest BCUT2D eigenvalue weighted by Gasteiger charge is -2.14. The van der Waals surface area contributed by atoms with Crippen LogP contribution in [0.25, 0.3) is 0 Å². The van der Waals surface area contributed by atoms with Crippen LogP contribution in [0, 0.1) is 5.82 Å². The minimum Gasteiger partial charge on any atom is -0.350 e. The first-order valence-electron chi connectivity index (χ1n) is 7.17. The van der Waals surface area contributed by atoms with Crippen molar-refractivity contribution in [2.45, 2.75) is 0 Å². The summed E-state index contributed by atoms with van der Waals surface area (Å²) < 4.78 is 13.5. The highest BCUT2D eigenvalue weighted by Crippen LogP contribution is 2.25. The minimum atomic E-state index is -0.634. The number of hydrogen-bond acceptors (Lipinski definition) is 3. The molecule has 0 unspecified atom stereocenters. The number of carbonyl (C=O) groups is 3. The Kier molecular flexibility index (Phi) is 4.31. The molecule has 0 spiro atoms. The number of hydrogen-bond donors (Lipinski definition) is 1. The number of rotatable bonds is 4. The molecule has 0 aliphatic carbocycles. The van der Waals surface area contributed by atoms with E-state index in [2.05, 4.69) is 5.32 Å². The van der Waals surface area contributed by atoms with E-state index < -0.39 is 23.5 Å². The van der Waals surface area contributed by atoms with Crippen molar-refractivity contribution in [2.75, 3.05) is 13.1 Å². The summed E-state index contributed by atoms with van der Waals surface area (Å²) in [5, 5.41) is 2.86. The number of benzene rings is 2. The quantitative estimate of drug-likeness (QED) is 0.865. The molecular formula is C17H12ClFN2O3. The maximum Gasteiger partial charge on any atom is 0.261 e. The van der Waals surface area contributed by atoms with Crippen molar-refractivity contribution in [2.24, 2.45) is 0 Å². The van der Waals surface area contributed by atoms with E-state index in [9.17, 15) is 18.8 Å². The van der Waals surface area contributed by atoms with Crippen molar-refractivity contribution in [3.05, 3.63) is 70.0 Å². The first kappa shape index (κ1) is 16.1. The third kappa shape index (κ3) is 2.88. The second-order valence-corrected chi connectivity index (χ2v) is 5.62. The van der Waals surface area contributed by atoms with Crippen LogP contribution in [0.5, 0.6) is 0 Å². The summed E-state index contributed by atoms with van der Waals surface area (Å²) in [5.41, 5.74) is 0.435. The van der Waals surface area contributed by atoms with Crippen LogP contribution in [-0.4, -0.2) is 35.7 Å². The van der Waals surface area contributed by atoms with Gasteiger partial charge in [0.25, 0.3) is 17.7 Å². The van der Waals surface area contributed by atoms with Gasteiger partial charge in [0.1, 0.15) is 5.82 Å². The zero-order chi connectivity index (χ0) is 17.3. The van der Waals surface area contributed by atoms with Gasteiger partial charge in [-0.15, -0.1) is 0 Å². The zero-order valence-corrected chi connectivity index (χ0v) is 13.1. The van der Waals surface area contributed by atoms with Gasteiger partial charge < -0.3 is 5.32 Å². The van der Waals surface area contributed by atoms with Gasteiger partial charge >= 0.3 is 0 Å². The summed E-state index contributed by atoms with van der Waals surface area (Å²) in [5.74, 6) is -2.14. The van der Waals surface area contributed by atoms with Crippen LogP contribution in [-0.2, 0) is 0 Å². The molecule has 0 aromatic heterocycles. The summed E-state index contributed by atoms with van der Waals surface area (Å²) in [7, 11) is 0. The molecule has 2 aromatic rings. The van der Waals surface area contributed by atoms with E-state index in [-0.39, 0.29) is 29.8 Å². The van der Waals surface area contributed by atoms with Gasteiger partial charge in [-0.3, -0.25) is 19.3 Å². The molecule has 0 bridgehead atoms. The van der Waals surface area contributed by atoms with Crippen LogP contribution in [0.1, 0.15) is 31.1 Å². The Balaban J connectivity index is 1.64. The van der Waals surface area contributed by atoms with E-state index in [4.69, 9.17) is 11.6 Å². The average Bonchev–Trinajstić information content (AvgIpc) is 2.79. The van der Waals surface area contributed by atoms with Crippen molar-refractivity contribution in [3.8, 4) is 0 Å². The molecule has 1 aliphatic heterocycles. The first-order chi connectivity index (χ1) is 11.5. The Bertz CT molecular complexity index is 853. The van der Waals surface area contributed by atoms with E-state index in [0.717, 1.165) is 4.90 Å². The molecule has 2 aromatic carbocycles. The van der Waals surface area contributed by atoms with Crippen molar-refractivity contribution >= 4 is 29.3 Å². The molecule has 3 amide bonds. The van der Waals surface area contributed by atoms with Crippen molar-refractivity contribution in [3.63, 3.8) is 0 Å². The number of fused-ring (bicyclic) bond motifs is 1. The van der Waals surface area contributed by atoms with Gasteiger partial charge in [-0.2, -0.15) is 0 Å². The molecule has 0 fully saturated rings. The molecule has 0 atom stereocenters. The fourth-order valence-corrected chi connectivity index (χ4v) is 2.66. The molecule has 7 heteroatoms. The number of nitrogens with one attached hydrogen (secondary N) is 1. The molecule has 5 nitrogen and oxygen atoms in total. The van der Waals surface area contributed by atoms with Gasteiger partial charge in [0.05, 0.1) is 16.7 Å². The molecule has 122 valence electrons. The van der Waals surface area contributed by atoms with Crippen molar-refractivity contribution in [1.82, 2.24) is 10.2 Å². The minimum absolute atomic E-state index is 0.00976. The van der Waals surface area contributed by atoms with Crippen LogP contribution in [0.3, 0.4) is 0 Å². The average molecular weight is 347 g/mol. The molecule has 0 saturated heterocycles. The highest BCUT2D eigenvalue weighted by atomic mass is 35.5. The van der Waals surface area contributed by atoms with Crippen LogP contribution < -0.4 is 5.32 Å². The zero-order valence-electron chi connectivity index (χ0n) is 12.4. The molecule has 3 rings (SSSR count). The van der Waals surface area contributed by atoms with Gasteiger partial charge in [-0.05, 0) is 30.3 Å². The van der Waals surface area contributed by atoms with E-state index in [0.29, 0.717) is 5.02 Å². The Morgan fingerprint density at radius 3 is 2.54 bits per heavy atom. The van der Waals surface area contributed by atoms with Crippen molar-refractivity contribution in [1.29, 1.82) is 0 Å². The lowest BCUT2D eigenvalue weighted by Crippen LogP contribution is -2.38. The standard InChI is InChI=1S/C17H12ClFN2O3/c18-10-5-6-11-13(9-10)17(24)21(16(11)23)8-7-20-15(22)12-3-1-2-4-14(12)19/h1-6,9H,7-8H2,(H,20,22). The molecule has 1 aliphatic rings. The SMILES string of the molecule is O=C(NCCN1C(=O)c2ccc(Cl)cc2C1=O)c1ccccc1F. The number of nitrogens with zero attached hydrogens (tertiary/aromatic N) is 1. The van der Waals surface area contributed by atoms with Crippen LogP contribution >= 0.6 is 11.6 Å². The molecule has 24 heavy (non-hydrogen) atoms. The van der Waals surface area contributed by atoms with E-state index in [1.165, 1.54) is 36.4 Å². The number of imide groups is 1. The monoisotopic (exact) mass is 346 g/mol. The third-order valence-electron chi connectivity index (χ3n) is 3.67. The van der Waals surface area contributed by atoms with E-state index >= 15 is 0 Å². The number of halogens is 2. The maximum absolute atomic E-state index is 13.5. The first-order valence-corrected chi connectivity index (χ1v) is 7.55. The van der Waals surface area contributed by atoms with Gasteiger partial charge in [0, 0.05) is 18.1 Å². The molecule has 1 N–H and O–H groups in total. The van der Waals surface area contributed by atoms with Gasteiger partial charge in [0.15, 0.2) is 0 Å². The smallest absolute Gasteiger partial charge is 0.261 e. The second-order valence-electron chi connectivity index (χ2n) is 5.19. The van der Waals surface area contributed by atoms with Gasteiger partial charge in [-0.25, -0.2) is 4.39 Å². The summed E-state index contributed by atoms with van der Waals surface area (Å²) in [6, 6.07) is 10.0. The highest BCUT2D eigenvalue weighted by molar-refractivity contribution is 6.32. The lowest BCUT2D eigenvalue weighted by atomic mass is 10.1. The topological polar surface area (TPSA) is 66.5 Å². The molecule has 1 heterocycles. The normalized spacial score (nSPS) is 13.2. The fraction of sp³-hybridized carbons (Fsp3) is 0.118. The number of carbonyl (C=O) groups excluding carboxylic acids is 3.